The maximum atomic E-state index is 13.1. The quantitative estimate of drug-likeness (QED) is 0.698. The van der Waals surface area contributed by atoms with Gasteiger partial charge in [0.05, 0.1) is 31.8 Å². The number of hydrogen-bond acceptors (Lipinski definition) is 6. The zero-order chi connectivity index (χ0) is 22.6. The molecule has 1 amide bonds. The Morgan fingerprint density at radius 3 is 2.16 bits per heavy atom. The van der Waals surface area contributed by atoms with E-state index in [9.17, 15) is 13.2 Å². The van der Waals surface area contributed by atoms with Gasteiger partial charge in [0.25, 0.3) is 5.91 Å². The highest BCUT2D eigenvalue weighted by Crippen LogP contribution is 2.31. The van der Waals surface area contributed by atoms with Crippen molar-refractivity contribution in [3.8, 4) is 17.2 Å². The van der Waals surface area contributed by atoms with E-state index in [0.717, 1.165) is 12.8 Å². The number of nitrogens with zero attached hydrogens (tertiary/aromatic N) is 1. The summed E-state index contributed by atoms with van der Waals surface area (Å²) in [5, 5.41) is 2.76. The van der Waals surface area contributed by atoms with E-state index in [1.807, 2.05) is 0 Å². The third-order valence-corrected chi connectivity index (χ3v) is 7.33. The van der Waals surface area contributed by atoms with E-state index in [1.165, 1.54) is 43.8 Å². The highest BCUT2D eigenvalue weighted by Gasteiger charge is 2.29. The van der Waals surface area contributed by atoms with Crippen LogP contribution in [0, 0.1) is 5.92 Å². The average Bonchev–Trinajstić information content (AvgIpc) is 2.78. The van der Waals surface area contributed by atoms with Crippen molar-refractivity contribution in [3.63, 3.8) is 0 Å². The molecule has 31 heavy (non-hydrogen) atoms. The first-order chi connectivity index (χ1) is 14.8. The normalized spacial score (nSPS) is 15.4. The molecule has 9 heteroatoms. The van der Waals surface area contributed by atoms with Crippen molar-refractivity contribution in [2.75, 3.05) is 39.7 Å². The van der Waals surface area contributed by atoms with Crippen LogP contribution in [-0.2, 0) is 10.0 Å². The lowest BCUT2D eigenvalue weighted by atomic mass is 10.0. The zero-order valence-corrected chi connectivity index (χ0v) is 19.0. The Morgan fingerprint density at radius 1 is 0.935 bits per heavy atom. The molecule has 2 aromatic carbocycles. The largest absolute Gasteiger partial charge is 0.496 e. The molecule has 8 nitrogen and oxygen atoms in total. The van der Waals surface area contributed by atoms with Gasteiger partial charge in [-0.2, -0.15) is 4.31 Å². The molecule has 168 valence electrons. The van der Waals surface area contributed by atoms with Gasteiger partial charge in [-0.1, -0.05) is 6.92 Å². The molecule has 0 saturated carbocycles. The van der Waals surface area contributed by atoms with Crippen molar-refractivity contribution in [3.05, 3.63) is 42.0 Å². The van der Waals surface area contributed by atoms with Crippen LogP contribution in [-0.4, -0.2) is 53.0 Å². The fraction of sp³-hybridized carbons (Fsp3) is 0.409. The third-order valence-electron chi connectivity index (χ3n) is 5.44. The summed E-state index contributed by atoms with van der Waals surface area (Å²) in [6.07, 6.45) is 1.64. The summed E-state index contributed by atoms with van der Waals surface area (Å²) in [6, 6.07) is 9.30. The van der Waals surface area contributed by atoms with Crippen LogP contribution in [0.4, 0.5) is 5.69 Å². The van der Waals surface area contributed by atoms with Crippen LogP contribution in [0.15, 0.2) is 41.3 Å². The summed E-state index contributed by atoms with van der Waals surface area (Å²) in [5.74, 6) is 1.28. The maximum absolute atomic E-state index is 13.1. The lowest BCUT2D eigenvalue weighted by molar-refractivity contribution is 0.102. The standard InChI is InChI=1S/C22H28N2O6S/c1-15-9-11-24(12-10-15)31(26,27)17-6-8-19(28-2)18(14-17)22(25)23-16-5-7-20(29-3)21(13-16)30-4/h5-8,13-15H,9-12H2,1-4H3,(H,23,25). The smallest absolute Gasteiger partial charge is 0.259 e. The highest BCUT2D eigenvalue weighted by molar-refractivity contribution is 7.89. The maximum Gasteiger partial charge on any atom is 0.259 e. The van der Waals surface area contributed by atoms with Crippen LogP contribution in [0.3, 0.4) is 0 Å². The van der Waals surface area contributed by atoms with Gasteiger partial charge in [0.1, 0.15) is 5.75 Å². The number of carbonyl (C=O) groups is 1. The van der Waals surface area contributed by atoms with Crippen LogP contribution < -0.4 is 19.5 Å². The molecular weight excluding hydrogens is 420 g/mol. The first-order valence-corrected chi connectivity index (χ1v) is 11.5. The van der Waals surface area contributed by atoms with Gasteiger partial charge in [-0.3, -0.25) is 4.79 Å². The van der Waals surface area contributed by atoms with Crippen LogP contribution in [0.25, 0.3) is 0 Å². The second-order valence-electron chi connectivity index (χ2n) is 7.47. The molecule has 0 radical (unpaired) electrons. The molecule has 0 unspecified atom stereocenters. The lowest BCUT2D eigenvalue weighted by Gasteiger charge is -2.29. The van der Waals surface area contributed by atoms with Crippen molar-refractivity contribution in [1.29, 1.82) is 0 Å². The number of piperidine rings is 1. The van der Waals surface area contributed by atoms with Gasteiger partial charge in [-0.05, 0) is 49.1 Å². The van der Waals surface area contributed by atoms with Gasteiger partial charge in [-0.25, -0.2) is 8.42 Å². The van der Waals surface area contributed by atoms with Gasteiger partial charge >= 0.3 is 0 Å². The Bertz CT molecular complexity index is 1050. The van der Waals surface area contributed by atoms with Gasteiger partial charge < -0.3 is 19.5 Å². The minimum absolute atomic E-state index is 0.0697. The van der Waals surface area contributed by atoms with E-state index in [1.54, 1.807) is 18.2 Å². The summed E-state index contributed by atoms with van der Waals surface area (Å²) < 4.78 is 43.5. The number of methoxy groups -OCH3 is 3. The zero-order valence-electron chi connectivity index (χ0n) is 18.2. The SMILES string of the molecule is COc1ccc(NC(=O)c2cc(S(=O)(=O)N3CCC(C)CC3)ccc2OC)cc1OC. The van der Waals surface area contributed by atoms with E-state index in [0.29, 0.717) is 36.2 Å². The first kappa shape index (κ1) is 22.9. The molecular formula is C22H28N2O6S. The van der Waals surface area contributed by atoms with Crippen LogP contribution in [0.5, 0.6) is 17.2 Å². The van der Waals surface area contributed by atoms with Crippen LogP contribution in [0.2, 0.25) is 0 Å². The molecule has 1 N–H and O–H groups in total. The van der Waals surface area contributed by atoms with E-state index in [4.69, 9.17) is 14.2 Å². The van der Waals surface area contributed by atoms with E-state index in [2.05, 4.69) is 12.2 Å². The highest BCUT2D eigenvalue weighted by atomic mass is 32.2. The predicted octanol–water partition coefficient (Wildman–Crippen LogP) is 3.39. The molecule has 0 bridgehead atoms. The van der Waals surface area contributed by atoms with E-state index in [-0.39, 0.29) is 16.2 Å². The molecule has 2 aromatic rings. The number of anilines is 1. The van der Waals surface area contributed by atoms with E-state index >= 15 is 0 Å². The molecule has 0 aliphatic carbocycles. The molecule has 1 saturated heterocycles. The van der Waals surface area contributed by atoms with Crippen molar-refractivity contribution < 1.29 is 27.4 Å². The molecule has 0 aromatic heterocycles. The molecule has 3 rings (SSSR count). The monoisotopic (exact) mass is 448 g/mol. The number of nitrogens with one attached hydrogen (secondary N) is 1. The van der Waals surface area contributed by atoms with Crippen LogP contribution >= 0.6 is 0 Å². The molecule has 1 aliphatic heterocycles. The molecule has 1 heterocycles. The van der Waals surface area contributed by atoms with E-state index < -0.39 is 15.9 Å². The second-order valence-corrected chi connectivity index (χ2v) is 9.41. The topological polar surface area (TPSA) is 94.2 Å². The third kappa shape index (κ3) is 4.94. The second kappa shape index (κ2) is 9.57. The number of sulfonamides is 1. The summed E-state index contributed by atoms with van der Waals surface area (Å²) in [5.41, 5.74) is 0.603. The molecule has 0 atom stereocenters. The predicted molar refractivity (Wildman–Crippen MR) is 118 cm³/mol. The lowest BCUT2D eigenvalue weighted by Crippen LogP contribution is -2.37. The van der Waals surface area contributed by atoms with Crippen LogP contribution in [0.1, 0.15) is 30.1 Å². The Kier molecular flexibility index (Phi) is 7.07. The van der Waals surface area contributed by atoms with Crippen molar-refractivity contribution in [2.45, 2.75) is 24.7 Å². The van der Waals surface area contributed by atoms with Crippen molar-refractivity contribution in [2.24, 2.45) is 5.92 Å². The summed E-state index contributed by atoms with van der Waals surface area (Å²) in [7, 11) is 0.761. The summed E-state index contributed by atoms with van der Waals surface area (Å²) >= 11 is 0. The minimum Gasteiger partial charge on any atom is -0.496 e. The molecule has 1 aliphatic rings. The number of carbonyl (C=O) groups excluding carboxylic acids is 1. The fourth-order valence-corrected chi connectivity index (χ4v) is 5.01. The molecule has 0 spiro atoms. The van der Waals surface area contributed by atoms with Crippen molar-refractivity contribution >= 4 is 21.6 Å². The van der Waals surface area contributed by atoms with Gasteiger partial charge in [0.2, 0.25) is 10.0 Å². The summed E-state index contributed by atoms with van der Waals surface area (Å²) in [4.78, 5) is 13.0. The first-order valence-electron chi connectivity index (χ1n) is 10.0. The van der Waals surface area contributed by atoms with Gasteiger partial charge in [-0.15, -0.1) is 0 Å². The fourth-order valence-electron chi connectivity index (χ4n) is 3.51. The Hall–Kier alpha value is -2.78. The minimum atomic E-state index is -3.70. The van der Waals surface area contributed by atoms with Crippen molar-refractivity contribution in [1.82, 2.24) is 4.31 Å². The Labute approximate surface area is 183 Å². The number of benzene rings is 2. The Morgan fingerprint density at radius 2 is 1.55 bits per heavy atom. The number of hydrogen-bond donors (Lipinski definition) is 1. The molecule has 1 fully saturated rings. The number of ether oxygens (including phenoxy) is 3. The van der Waals surface area contributed by atoms with Gasteiger partial charge in [0.15, 0.2) is 11.5 Å². The number of rotatable bonds is 7. The average molecular weight is 449 g/mol. The van der Waals surface area contributed by atoms with Gasteiger partial charge in [0, 0.05) is 24.8 Å². The number of amides is 1. The Balaban J connectivity index is 1.89. The summed E-state index contributed by atoms with van der Waals surface area (Å²) in [6.45, 7) is 3.07.